The van der Waals surface area contributed by atoms with E-state index in [0.717, 1.165) is 17.8 Å². The molecular formula is C10H19N. The smallest absolute Gasteiger partial charge is 0.00190 e. The Balaban J connectivity index is 1.79. The van der Waals surface area contributed by atoms with E-state index in [0.29, 0.717) is 0 Å². The molecule has 1 unspecified atom stereocenters. The third-order valence-corrected chi connectivity index (χ3v) is 3.54. The lowest BCUT2D eigenvalue weighted by molar-refractivity contribution is 0.200. The summed E-state index contributed by atoms with van der Waals surface area (Å²) in [5, 5.41) is 0. The van der Waals surface area contributed by atoms with Crippen molar-refractivity contribution in [3.8, 4) is 0 Å². The summed E-state index contributed by atoms with van der Waals surface area (Å²) in [5.41, 5.74) is 0. The van der Waals surface area contributed by atoms with Crippen LogP contribution in [0.4, 0.5) is 0 Å². The predicted octanol–water partition coefficient (Wildman–Crippen LogP) is 1.98. The zero-order chi connectivity index (χ0) is 7.84. The molecule has 1 nitrogen and oxygen atoms in total. The second-order valence-electron chi connectivity index (χ2n) is 4.52. The van der Waals surface area contributed by atoms with Crippen molar-refractivity contribution in [3.63, 3.8) is 0 Å². The Morgan fingerprint density at radius 1 is 1.18 bits per heavy atom. The Labute approximate surface area is 69.8 Å². The normalized spacial score (nSPS) is 40.9. The highest BCUT2D eigenvalue weighted by Gasteiger charge is 2.39. The van der Waals surface area contributed by atoms with E-state index in [1.165, 1.54) is 32.4 Å². The maximum absolute atomic E-state index is 2.46. The molecule has 2 fully saturated rings. The van der Waals surface area contributed by atoms with Crippen LogP contribution in [0.5, 0.6) is 0 Å². The summed E-state index contributed by atoms with van der Waals surface area (Å²) in [6, 6.07) is 0. The molecule has 0 aromatic rings. The van der Waals surface area contributed by atoms with Crippen LogP contribution >= 0.6 is 0 Å². The molecule has 1 aliphatic carbocycles. The summed E-state index contributed by atoms with van der Waals surface area (Å²) in [4.78, 5) is 2.46. The van der Waals surface area contributed by atoms with Gasteiger partial charge >= 0.3 is 0 Å². The first-order valence-electron chi connectivity index (χ1n) is 4.96. The van der Waals surface area contributed by atoms with Gasteiger partial charge in [0, 0.05) is 0 Å². The molecule has 1 saturated heterocycles. The van der Waals surface area contributed by atoms with Crippen molar-refractivity contribution in [2.75, 3.05) is 20.1 Å². The van der Waals surface area contributed by atoms with Crippen LogP contribution in [0.1, 0.15) is 26.2 Å². The summed E-state index contributed by atoms with van der Waals surface area (Å²) >= 11 is 0. The summed E-state index contributed by atoms with van der Waals surface area (Å²) in [7, 11) is 2.24. The van der Waals surface area contributed by atoms with Gasteiger partial charge < -0.3 is 4.90 Å². The molecule has 0 amide bonds. The Morgan fingerprint density at radius 2 is 1.73 bits per heavy atom. The van der Waals surface area contributed by atoms with E-state index < -0.39 is 0 Å². The highest BCUT2D eigenvalue weighted by Crippen LogP contribution is 2.47. The molecule has 0 aromatic heterocycles. The minimum atomic E-state index is 1.06. The molecule has 0 N–H and O–H groups in total. The second kappa shape index (κ2) is 2.78. The van der Waals surface area contributed by atoms with E-state index in [1.807, 2.05) is 0 Å². The van der Waals surface area contributed by atoms with Crippen molar-refractivity contribution in [2.24, 2.45) is 17.8 Å². The molecule has 1 heterocycles. The van der Waals surface area contributed by atoms with Crippen LogP contribution in [0.25, 0.3) is 0 Å². The maximum atomic E-state index is 2.46. The van der Waals surface area contributed by atoms with Gasteiger partial charge in [0.1, 0.15) is 0 Å². The van der Waals surface area contributed by atoms with E-state index >= 15 is 0 Å². The zero-order valence-corrected chi connectivity index (χ0v) is 7.71. The van der Waals surface area contributed by atoms with Gasteiger partial charge in [-0.25, -0.2) is 0 Å². The third kappa shape index (κ3) is 1.58. The first-order chi connectivity index (χ1) is 5.27. The Bertz CT molecular complexity index is 136. The fourth-order valence-corrected chi connectivity index (χ4v) is 2.46. The van der Waals surface area contributed by atoms with E-state index in [9.17, 15) is 0 Å². The summed E-state index contributed by atoms with van der Waals surface area (Å²) in [6.45, 7) is 5.09. The quantitative estimate of drug-likeness (QED) is 0.557. The molecule has 2 atom stereocenters. The predicted molar refractivity (Wildman–Crippen MR) is 47.5 cm³/mol. The van der Waals surface area contributed by atoms with Gasteiger partial charge in [0.2, 0.25) is 0 Å². The maximum Gasteiger partial charge on any atom is -0.00190 e. The van der Waals surface area contributed by atoms with Crippen LogP contribution < -0.4 is 0 Å². The molecule has 1 heteroatoms. The number of likely N-dealkylation sites (tertiary alicyclic amines) is 1. The summed E-state index contributed by atoms with van der Waals surface area (Å²) < 4.78 is 0. The van der Waals surface area contributed by atoms with Crippen molar-refractivity contribution in [2.45, 2.75) is 26.2 Å². The number of nitrogens with zero attached hydrogens (tertiary/aromatic N) is 1. The molecule has 2 rings (SSSR count). The topological polar surface area (TPSA) is 3.24 Å². The first-order valence-corrected chi connectivity index (χ1v) is 4.96. The lowest BCUT2D eigenvalue weighted by Crippen LogP contribution is -2.31. The largest absolute Gasteiger partial charge is 0.306 e. The van der Waals surface area contributed by atoms with E-state index in [1.54, 1.807) is 0 Å². The molecule has 0 spiro atoms. The van der Waals surface area contributed by atoms with Crippen LogP contribution in [0, 0.1) is 17.8 Å². The minimum absolute atomic E-state index is 1.06. The fourth-order valence-electron chi connectivity index (χ4n) is 2.46. The Hall–Kier alpha value is -0.0400. The third-order valence-electron chi connectivity index (χ3n) is 3.54. The number of rotatable bonds is 1. The molecule has 0 radical (unpaired) electrons. The standard InChI is InChI=1S/C10H19N/c1-8-7-10(8)9-3-5-11(2)6-4-9/h8-10H,3-7H2,1-2H3/t8-,10?/m1/s1. The lowest BCUT2D eigenvalue weighted by Gasteiger charge is -2.29. The van der Waals surface area contributed by atoms with E-state index in [4.69, 9.17) is 0 Å². The lowest BCUT2D eigenvalue weighted by atomic mass is 9.91. The van der Waals surface area contributed by atoms with Crippen LogP contribution in [0.3, 0.4) is 0 Å². The monoisotopic (exact) mass is 153 g/mol. The van der Waals surface area contributed by atoms with Crippen LogP contribution in [-0.2, 0) is 0 Å². The highest BCUT2D eigenvalue weighted by atomic mass is 15.1. The molecule has 0 bridgehead atoms. The van der Waals surface area contributed by atoms with Crippen LogP contribution in [0.2, 0.25) is 0 Å². The second-order valence-corrected chi connectivity index (χ2v) is 4.52. The van der Waals surface area contributed by atoms with Gasteiger partial charge in [0.25, 0.3) is 0 Å². The van der Waals surface area contributed by atoms with Crippen molar-refractivity contribution >= 4 is 0 Å². The van der Waals surface area contributed by atoms with Crippen molar-refractivity contribution in [3.05, 3.63) is 0 Å². The Kier molecular flexibility index (Phi) is 1.92. The summed E-state index contributed by atoms with van der Waals surface area (Å²) in [5.74, 6) is 3.26. The average molecular weight is 153 g/mol. The van der Waals surface area contributed by atoms with Gasteiger partial charge in [-0.3, -0.25) is 0 Å². The first kappa shape index (κ1) is 7.60. The molecule has 11 heavy (non-hydrogen) atoms. The molecule has 64 valence electrons. The van der Waals surface area contributed by atoms with Gasteiger partial charge in [0.15, 0.2) is 0 Å². The number of hydrogen-bond acceptors (Lipinski definition) is 1. The number of piperidine rings is 1. The fraction of sp³-hybridized carbons (Fsp3) is 1.00. The Morgan fingerprint density at radius 3 is 2.18 bits per heavy atom. The van der Waals surface area contributed by atoms with Gasteiger partial charge in [0.05, 0.1) is 0 Å². The highest BCUT2D eigenvalue weighted by molar-refractivity contribution is 4.90. The zero-order valence-electron chi connectivity index (χ0n) is 7.71. The molecule has 2 aliphatic rings. The average Bonchev–Trinajstić information content (AvgIpc) is 2.69. The van der Waals surface area contributed by atoms with E-state index in [2.05, 4.69) is 18.9 Å². The van der Waals surface area contributed by atoms with Gasteiger partial charge in [-0.05, 0) is 57.2 Å². The van der Waals surface area contributed by atoms with Crippen LogP contribution in [0.15, 0.2) is 0 Å². The SMILES string of the molecule is C[C@@H]1CC1C1CCN(C)CC1. The van der Waals surface area contributed by atoms with Crippen molar-refractivity contribution < 1.29 is 0 Å². The van der Waals surface area contributed by atoms with Crippen molar-refractivity contribution in [1.82, 2.24) is 4.90 Å². The molecular weight excluding hydrogens is 134 g/mol. The van der Waals surface area contributed by atoms with Crippen LogP contribution in [-0.4, -0.2) is 25.0 Å². The minimum Gasteiger partial charge on any atom is -0.306 e. The molecule has 1 saturated carbocycles. The van der Waals surface area contributed by atoms with Gasteiger partial charge in [-0.2, -0.15) is 0 Å². The molecule has 0 aromatic carbocycles. The number of hydrogen-bond donors (Lipinski definition) is 0. The molecule has 1 aliphatic heterocycles. The summed E-state index contributed by atoms with van der Waals surface area (Å²) in [6.07, 6.45) is 4.45. The van der Waals surface area contributed by atoms with Gasteiger partial charge in [-0.1, -0.05) is 6.92 Å². The van der Waals surface area contributed by atoms with Gasteiger partial charge in [-0.15, -0.1) is 0 Å². The van der Waals surface area contributed by atoms with Crippen molar-refractivity contribution in [1.29, 1.82) is 0 Å². The van der Waals surface area contributed by atoms with E-state index in [-0.39, 0.29) is 0 Å².